The van der Waals surface area contributed by atoms with Gasteiger partial charge in [-0.2, -0.15) is 0 Å². The van der Waals surface area contributed by atoms with Crippen LogP contribution in [-0.4, -0.2) is 75.2 Å². The third-order valence-corrected chi connectivity index (χ3v) is 7.66. The molecule has 1 aliphatic rings. The number of carbonyl (C=O) groups is 2. The molecule has 2 atom stereocenters. The molecule has 1 aliphatic carbocycles. The Labute approximate surface area is 248 Å². The number of rotatable bonds is 10. The fraction of sp³-hybridized carbons (Fsp3) is 0.389. The molecule has 0 saturated heterocycles. The van der Waals surface area contributed by atoms with Crippen molar-refractivity contribution in [3.63, 3.8) is 0 Å². The normalized spacial score (nSPS) is 16.6. The van der Waals surface area contributed by atoms with Gasteiger partial charge in [0.05, 0.1) is 12.8 Å². The highest BCUT2D eigenvalue weighted by Gasteiger charge is 2.28. The van der Waals surface area contributed by atoms with Crippen LogP contribution in [-0.2, 0) is 19.1 Å². The van der Waals surface area contributed by atoms with Gasteiger partial charge in [0.25, 0.3) is 0 Å². The molecule has 0 N–H and O–H groups in total. The van der Waals surface area contributed by atoms with Gasteiger partial charge in [0, 0.05) is 24.0 Å². The van der Waals surface area contributed by atoms with Gasteiger partial charge in [-0.1, -0.05) is 72.2 Å². The molecule has 0 saturated carbocycles. The molecule has 0 spiro atoms. The zero-order chi connectivity index (χ0) is 29.6. The zero-order valence-electron chi connectivity index (χ0n) is 25.0. The Morgan fingerprint density at radius 2 is 1.12 bits per heavy atom. The lowest BCUT2D eigenvalue weighted by Crippen LogP contribution is -2.35. The fourth-order valence-electron chi connectivity index (χ4n) is 5.61. The summed E-state index contributed by atoms with van der Waals surface area (Å²) in [6.45, 7) is 1.57. The maximum atomic E-state index is 12.8. The highest BCUT2D eigenvalue weighted by Crippen LogP contribution is 2.38. The molecule has 42 heavy (non-hydrogen) atoms. The van der Waals surface area contributed by atoms with Crippen LogP contribution in [0.25, 0.3) is 32.3 Å². The summed E-state index contributed by atoms with van der Waals surface area (Å²) in [7, 11) is 7.89. The minimum atomic E-state index is -0.700. The molecule has 0 unspecified atom stereocenters. The van der Waals surface area contributed by atoms with Crippen molar-refractivity contribution in [3.05, 3.63) is 59.7 Å². The van der Waals surface area contributed by atoms with Crippen LogP contribution in [0.5, 0.6) is 0 Å². The first-order valence-corrected chi connectivity index (χ1v) is 14.7. The van der Waals surface area contributed by atoms with Crippen molar-refractivity contribution in [3.8, 4) is 23.7 Å². The summed E-state index contributed by atoms with van der Waals surface area (Å²) in [6, 6.07) is 16.9. The second kappa shape index (κ2) is 13.3. The van der Waals surface area contributed by atoms with Crippen LogP contribution in [0.15, 0.2) is 48.5 Å². The van der Waals surface area contributed by atoms with Gasteiger partial charge in [-0.15, -0.1) is 0 Å². The summed E-state index contributed by atoms with van der Waals surface area (Å²) in [5, 5.41) is 6.83. The minimum absolute atomic E-state index is 0.245. The molecule has 0 aromatic heterocycles. The average Bonchev–Trinajstić information content (AvgIpc) is 2.95. The number of hydrogen-bond donors (Lipinski definition) is 0. The van der Waals surface area contributed by atoms with Crippen molar-refractivity contribution in [1.29, 1.82) is 0 Å². The molecule has 4 aromatic rings. The van der Waals surface area contributed by atoms with Gasteiger partial charge >= 0.3 is 11.9 Å². The molecule has 0 aliphatic heterocycles. The molecule has 0 bridgehead atoms. The van der Waals surface area contributed by atoms with Crippen molar-refractivity contribution in [1.82, 2.24) is 9.80 Å². The average molecular weight is 563 g/mol. The minimum Gasteiger partial charge on any atom is -0.457 e. The summed E-state index contributed by atoms with van der Waals surface area (Å²) >= 11 is 0. The van der Waals surface area contributed by atoms with E-state index in [2.05, 4.69) is 72.2 Å². The van der Waals surface area contributed by atoms with Crippen LogP contribution >= 0.6 is 0 Å². The van der Waals surface area contributed by atoms with Crippen LogP contribution in [0.2, 0.25) is 0 Å². The van der Waals surface area contributed by atoms with E-state index in [1.165, 1.54) is 10.8 Å². The van der Waals surface area contributed by atoms with E-state index in [9.17, 15) is 9.59 Å². The lowest BCUT2D eigenvalue weighted by Gasteiger charge is -2.25. The number of carbonyl (C=O) groups excluding carboxylic acids is 2. The molecule has 0 heterocycles. The molecule has 0 fully saturated rings. The van der Waals surface area contributed by atoms with E-state index in [0.717, 1.165) is 45.8 Å². The van der Waals surface area contributed by atoms with Crippen LogP contribution in [0, 0.1) is 23.7 Å². The maximum absolute atomic E-state index is 12.8. The van der Waals surface area contributed by atoms with Gasteiger partial charge in [0.1, 0.15) is 0 Å². The highest BCUT2D eigenvalue weighted by molar-refractivity contribution is 6.25. The second-order valence-corrected chi connectivity index (χ2v) is 11.5. The topological polar surface area (TPSA) is 59.1 Å². The van der Waals surface area contributed by atoms with Gasteiger partial charge in [-0.05, 0) is 86.4 Å². The Morgan fingerprint density at radius 3 is 1.52 bits per heavy atom. The summed E-state index contributed by atoms with van der Waals surface area (Å²) in [5.41, 5.74) is 1.77. The van der Waals surface area contributed by atoms with Crippen molar-refractivity contribution in [2.24, 2.45) is 0 Å². The zero-order valence-corrected chi connectivity index (χ0v) is 25.0. The molecule has 6 nitrogen and oxygen atoms in total. The molecular formula is C36H38N2O4. The van der Waals surface area contributed by atoms with E-state index < -0.39 is 12.2 Å². The Hall–Kier alpha value is -4.10. The van der Waals surface area contributed by atoms with E-state index in [1.54, 1.807) is 0 Å². The van der Waals surface area contributed by atoms with Gasteiger partial charge in [0.2, 0.25) is 0 Å². The lowest BCUT2D eigenvalue weighted by atomic mass is 9.87. The van der Waals surface area contributed by atoms with Crippen molar-refractivity contribution < 1.29 is 19.1 Å². The monoisotopic (exact) mass is 562 g/mol. The van der Waals surface area contributed by atoms with Crippen molar-refractivity contribution >= 4 is 44.3 Å². The lowest BCUT2D eigenvalue weighted by molar-refractivity contribution is -0.167. The number of ether oxygens (including phenoxy) is 2. The van der Waals surface area contributed by atoms with Crippen molar-refractivity contribution in [2.45, 2.75) is 50.7 Å². The van der Waals surface area contributed by atoms with E-state index in [0.29, 0.717) is 12.8 Å². The van der Waals surface area contributed by atoms with E-state index in [1.807, 2.05) is 38.0 Å². The second-order valence-electron chi connectivity index (χ2n) is 11.5. The standard InChI is InChI=1S/C36H38N2O4/c1-37(2)23-9-19-33(39)41-31-17-7-13-27-28(14-8-18-32(31)42-34(40)20-10-24-38(3)4)30-16-6-12-26-22-21-25-11-5-15-29(27)35(25)36(26)30/h5-6,11-12,15-16,21-22,31-32H,9-10,17-20,23-24H2,1-4H3/t31-,32-/m0/s1. The Morgan fingerprint density at radius 1 is 0.690 bits per heavy atom. The highest BCUT2D eigenvalue weighted by atomic mass is 16.6. The van der Waals surface area contributed by atoms with Crippen LogP contribution in [0.4, 0.5) is 0 Å². The number of esters is 2. The maximum Gasteiger partial charge on any atom is 0.306 e. The molecule has 6 heteroatoms. The van der Waals surface area contributed by atoms with Gasteiger partial charge in [0.15, 0.2) is 12.2 Å². The Balaban J connectivity index is 1.51. The predicted molar refractivity (Wildman–Crippen MR) is 168 cm³/mol. The molecular weight excluding hydrogens is 524 g/mol. The first-order valence-electron chi connectivity index (χ1n) is 14.7. The van der Waals surface area contributed by atoms with Crippen LogP contribution in [0.1, 0.15) is 49.7 Å². The Bertz CT molecular complexity index is 1590. The third-order valence-electron chi connectivity index (χ3n) is 7.66. The number of benzene rings is 4. The van der Waals surface area contributed by atoms with Crippen molar-refractivity contribution in [2.75, 3.05) is 41.3 Å². The summed E-state index contributed by atoms with van der Waals surface area (Å²) < 4.78 is 11.9. The third kappa shape index (κ3) is 6.68. The summed E-state index contributed by atoms with van der Waals surface area (Å²) in [4.78, 5) is 29.7. The van der Waals surface area contributed by atoms with E-state index >= 15 is 0 Å². The quantitative estimate of drug-likeness (QED) is 0.143. The van der Waals surface area contributed by atoms with Gasteiger partial charge in [-0.3, -0.25) is 9.59 Å². The van der Waals surface area contributed by atoms with Gasteiger partial charge in [-0.25, -0.2) is 0 Å². The fourth-order valence-corrected chi connectivity index (χ4v) is 5.61. The number of hydrogen-bond acceptors (Lipinski definition) is 6. The van der Waals surface area contributed by atoms with Crippen LogP contribution in [0.3, 0.4) is 0 Å². The smallest absolute Gasteiger partial charge is 0.306 e. The molecule has 4 aromatic carbocycles. The molecule has 0 radical (unpaired) electrons. The van der Waals surface area contributed by atoms with Crippen LogP contribution < -0.4 is 0 Å². The van der Waals surface area contributed by atoms with E-state index in [-0.39, 0.29) is 37.6 Å². The summed E-state index contributed by atoms with van der Waals surface area (Å²) in [6.07, 6.45) is 1.03. The molecule has 5 rings (SSSR count). The van der Waals surface area contributed by atoms with E-state index in [4.69, 9.17) is 9.47 Å². The largest absolute Gasteiger partial charge is 0.457 e. The predicted octanol–water partition coefficient (Wildman–Crippen LogP) is 5.59. The first kappa shape index (κ1) is 29.4. The molecule has 216 valence electrons. The number of fused-ring (bicyclic) bond motifs is 3. The van der Waals surface area contributed by atoms with Gasteiger partial charge < -0.3 is 19.3 Å². The molecule has 0 amide bonds. The SMILES string of the molecule is CN(C)CCCC(=O)O[C@H]1CC#Cc2c(c3cccc4ccc5cccc2c5c43)C#CC[C@@H]1OC(=O)CCCN(C)C. The number of nitrogens with zero attached hydrogens (tertiary/aromatic N) is 2. The summed E-state index contributed by atoms with van der Waals surface area (Å²) in [5.74, 6) is 12.8. The Kier molecular flexibility index (Phi) is 9.28. The first-order chi connectivity index (χ1) is 20.3.